The van der Waals surface area contributed by atoms with Gasteiger partial charge in [0.15, 0.2) is 5.13 Å². The zero-order chi connectivity index (χ0) is 17.1. The van der Waals surface area contributed by atoms with Gasteiger partial charge in [-0.2, -0.15) is 0 Å². The van der Waals surface area contributed by atoms with Gasteiger partial charge in [0.1, 0.15) is 4.88 Å². The van der Waals surface area contributed by atoms with E-state index in [2.05, 4.69) is 22.2 Å². The molecule has 0 amide bonds. The molecule has 0 aliphatic heterocycles. The number of carboxylic acids is 1. The lowest BCUT2D eigenvalue weighted by atomic mass is 10.2. The number of anilines is 3. The van der Waals surface area contributed by atoms with Crippen LogP contribution in [0.3, 0.4) is 0 Å². The Balaban J connectivity index is 1.73. The summed E-state index contributed by atoms with van der Waals surface area (Å²) in [5, 5.41) is 19.7. The predicted molar refractivity (Wildman–Crippen MR) is 101 cm³/mol. The van der Waals surface area contributed by atoms with Crippen LogP contribution in [-0.2, 0) is 0 Å². The van der Waals surface area contributed by atoms with Crippen LogP contribution < -0.4 is 10.6 Å². The first-order chi connectivity index (χ1) is 11.5. The first-order valence-electron chi connectivity index (χ1n) is 7.10. The molecule has 0 atom stereocenters. The average Bonchev–Trinajstić information content (AvgIpc) is 3.19. The standard InChI is InChI=1S/C17H15N3O2S2/c1-10-5-3-4-6-12(10)18-11(2)14-9-24-17(20-14)19-13-7-8-23-15(13)16(21)22/h3-9,18H,2H2,1H3,(H,19,20)(H,21,22). The Morgan fingerprint density at radius 2 is 2.00 bits per heavy atom. The highest BCUT2D eigenvalue weighted by Gasteiger charge is 2.13. The molecule has 0 bridgehead atoms. The Morgan fingerprint density at radius 1 is 1.21 bits per heavy atom. The molecule has 24 heavy (non-hydrogen) atoms. The molecule has 1 aromatic carbocycles. The van der Waals surface area contributed by atoms with Crippen LogP contribution in [0, 0.1) is 6.92 Å². The Hall–Kier alpha value is -2.64. The highest BCUT2D eigenvalue weighted by atomic mass is 32.1. The van der Waals surface area contributed by atoms with E-state index in [9.17, 15) is 4.79 Å². The summed E-state index contributed by atoms with van der Waals surface area (Å²) in [4.78, 5) is 15.9. The van der Waals surface area contributed by atoms with E-state index >= 15 is 0 Å². The van der Waals surface area contributed by atoms with Gasteiger partial charge in [-0.3, -0.25) is 0 Å². The minimum Gasteiger partial charge on any atom is -0.477 e. The van der Waals surface area contributed by atoms with E-state index in [4.69, 9.17) is 5.11 Å². The largest absolute Gasteiger partial charge is 0.477 e. The normalized spacial score (nSPS) is 10.4. The third-order valence-corrected chi connectivity index (χ3v) is 5.01. The highest BCUT2D eigenvalue weighted by Crippen LogP contribution is 2.29. The molecule has 2 aromatic heterocycles. The van der Waals surface area contributed by atoms with Gasteiger partial charge in [0.25, 0.3) is 0 Å². The second-order valence-electron chi connectivity index (χ2n) is 5.05. The summed E-state index contributed by atoms with van der Waals surface area (Å²) in [6.45, 7) is 6.05. The Bertz CT molecular complexity index is 899. The summed E-state index contributed by atoms with van der Waals surface area (Å²) in [7, 11) is 0. The number of benzene rings is 1. The molecule has 5 nitrogen and oxygen atoms in total. The molecule has 0 radical (unpaired) electrons. The Labute approximate surface area is 147 Å². The van der Waals surface area contributed by atoms with Crippen molar-refractivity contribution in [3.05, 3.63) is 63.8 Å². The van der Waals surface area contributed by atoms with Gasteiger partial charge in [-0.25, -0.2) is 9.78 Å². The van der Waals surface area contributed by atoms with Gasteiger partial charge >= 0.3 is 5.97 Å². The van der Waals surface area contributed by atoms with Crippen LogP contribution in [0.25, 0.3) is 5.70 Å². The van der Waals surface area contributed by atoms with E-state index in [1.807, 2.05) is 36.6 Å². The number of thiazole rings is 1. The number of hydrogen-bond acceptors (Lipinski definition) is 6. The van der Waals surface area contributed by atoms with Crippen LogP contribution in [0.2, 0.25) is 0 Å². The van der Waals surface area contributed by atoms with Crippen molar-refractivity contribution in [3.8, 4) is 0 Å². The summed E-state index contributed by atoms with van der Waals surface area (Å²) in [6, 6.07) is 9.68. The zero-order valence-electron chi connectivity index (χ0n) is 12.9. The second-order valence-corrected chi connectivity index (χ2v) is 6.82. The Morgan fingerprint density at radius 3 is 2.75 bits per heavy atom. The summed E-state index contributed by atoms with van der Waals surface area (Å²) in [5.41, 5.74) is 4.06. The number of carbonyl (C=O) groups is 1. The number of aromatic nitrogens is 1. The van der Waals surface area contributed by atoms with Gasteiger partial charge in [0.2, 0.25) is 0 Å². The number of carboxylic acid groups (broad SMARTS) is 1. The molecular weight excluding hydrogens is 342 g/mol. The number of para-hydroxylation sites is 1. The molecule has 122 valence electrons. The van der Waals surface area contributed by atoms with Crippen LogP contribution in [0.5, 0.6) is 0 Å². The smallest absolute Gasteiger partial charge is 0.348 e. The van der Waals surface area contributed by atoms with Crippen molar-refractivity contribution in [2.24, 2.45) is 0 Å². The lowest BCUT2D eigenvalue weighted by molar-refractivity contribution is 0.0703. The van der Waals surface area contributed by atoms with E-state index in [1.54, 1.807) is 11.4 Å². The molecule has 3 rings (SSSR count). The number of thiophene rings is 1. The van der Waals surface area contributed by atoms with Crippen molar-refractivity contribution in [1.82, 2.24) is 4.98 Å². The van der Waals surface area contributed by atoms with Gasteiger partial charge in [-0.05, 0) is 30.0 Å². The van der Waals surface area contributed by atoms with Crippen molar-refractivity contribution in [2.75, 3.05) is 10.6 Å². The number of aromatic carboxylic acids is 1. The van der Waals surface area contributed by atoms with Crippen molar-refractivity contribution < 1.29 is 9.90 Å². The summed E-state index contributed by atoms with van der Waals surface area (Å²) in [6.07, 6.45) is 0. The topological polar surface area (TPSA) is 74.2 Å². The molecule has 7 heteroatoms. The van der Waals surface area contributed by atoms with Crippen molar-refractivity contribution in [1.29, 1.82) is 0 Å². The molecule has 0 aliphatic rings. The molecule has 3 N–H and O–H groups in total. The van der Waals surface area contributed by atoms with Crippen molar-refractivity contribution in [2.45, 2.75) is 6.92 Å². The third-order valence-electron chi connectivity index (χ3n) is 3.35. The molecule has 0 saturated carbocycles. The fourth-order valence-corrected chi connectivity index (χ4v) is 3.52. The number of rotatable bonds is 6. The molecule has 0 saturated heterocycles. The zero-order valence-corrected chi connectivity index (χ0v) is 14.5. The number of hydrogen-bond donors (Lipinski definition) is 3. The molecule has 0 fully saturated rings. The van der Waals surface area contributed by atoms with Crippen LogP contribution in [0.1, 0.15) is 20.9 Å². The van der Waals surface area contributed by atoms with E-state index in [-0.39, 0.29) is 4.88 Å². The van der Waals surface area contributed by atoms with Gasteiger partial charge in [0.05, 0.1) is 17.1 Å². The molecule has 3 aromatic rings. The maximum atomic E-state index is 11.2. The minimum absolute atomic E-state index is 0.267. The molecule has 0 aliphatic carbocycles. The second kappa shape index (κ2) is 6.86. The first-order valence-corrected chi connectivity index (χ1v) is 8.86. The molecular formula is C17H15N3O2S2. The van der Waals surface area contributed by atoms with Crippen LogP contribution in [-0.4, -0.2) is 16.1 Å². The van der Waals surface area contributed by atoms with Crippen LogP contribution >= 0.6 is 22.7 Å². The molecule has 2 heterocycles. The Kier molecular flexibility index (Phi) is 4.64. The monoisotopic (exact) mass is 357 g/mol. The van der Waals surface area contributed by atoms with Gasteiger partial charge in [-0.15, -0.1) is 22.7 Å². The number of aryl methyl sites for hydroxylation is 1. The SMILES string of the molecule is C=C(Nc1ccccc1C)c1csc(Nc2ccsc2C(=O)O)n1. The van der Waals surface area contributed by atoms with Crippen molar-refractivity contribution in [3.63, 3.8) is 0 Å². The van der Waals surface area contributed by atoms with Gasteiger partial charge in [0, 0.05) is 11.1 Å². The van der Waals surface area contributed by atoms with Crippen LogP contribution in [0.4, 0.5) is 16.5 Å². The lowest BCUT2D eigenvalue weighted by Crippen LogP contribution is -2.00. The fraction of sp³-hybridized carbons (Fsp3) is 0.0588. The molecule has 0 unspecified atom stereocenters. The maximum absolute atomic E-state index is 11.2. The van der Waals surface area contributed by atoms with E-state index in [1.165, 1.54) is 22.7 Å². The van der Waals surface area contributed by atoms with Gasteiger partial charge < -0.3 is 15.7 Å². The highest BCUT2D eigenvalue weighted by molar-refractivity contribution is 7.14. The number of nitrogens with one attached hydrogen (secondary N) is 2. The van der Waals surface area contributed by atoms with E-state index < -0.39 is 5.97 Å². The van der Waals surface area contributed by atoms with Crippen molar-refractivity contribution >= 4 is 50.8 Å². The maximum Gasteiger partial charge on any atom is 0.348 e. The quantitative estimate of drug-likeness (QED) is 0.576. The summed E-state index contributed by atoms with van der Waals surface area (Å²) in [5.74, 6) is -0.949. The first kappa shape index (κ1) is 16.2. The van der Waals surface area contributed by atoms with E-state index in [0.29, 0.717) is 16.5 Å². The van der Waals surface area contributed by atoms with E-state index in [0.717, 1.165) is 16.9 Å². The summed E-state index contributed by atoms with van der Waals surface area (Å²) >= 11 is 2.58. The lowest BCUT2D eigenvalue weighted by Gasteiger charge is -2.09. The molecule has 0 spiro atoms. The number of nitrogens with zero attached hydrogens (tertiary/aromatic N) is 1. The third kappa shape index (κ3) is 3.47. The fourth-order valence-electron chi connectivity index (χ4n) is 2.10. The predicted octanol–water partition coefficient (Wildman–Crippen LogP) is 5.04. The summed E-state index contributed by atoms with van der Waals surface area (Å²) < 4.78 is 0. The van der Waals surface area contributed by atoms with Gasteiger partial charge in [-0.1, -0.05) is 24.8 Å². The van der Waals surface area contributed by atoms with Crippen LogP contribution in [0.15, 0.2) is 47.7 Å². The minimum atomic E-state index is -0.949. The average molecular weight is 357 g/mol.